The van der Waals surface area contributed by atoms with E-state index in [1.807, 2.05) is 0 Å². The molecule has 3 unspecified atom stereocenters. The zero-order valence-corrected chi connectivity index (χ0v) is 12.2. The molecule has 0 bridgehead atoms. The Bertz CT molecular complexity index is 261. The molecule has 18 heavy (non-hydrogen) atoms. The van der Waals surface area contributed by atoms with Crippen LogP contribution in [0.1, 0.15) is 46.5 Å². The van der Waals surface area contributed by atoms with Crippen molar-refractivity contribution in [2.75, 3.05) is 26.3 Å². The van der Waals surface area contributed by atoms with E-state index < -0.39 is 0 Å². The molecule has 3 atom stereocenters. The van der Waals surface area contributed by atoms with Gasteiger partial charge in [-0.1, -0.05) is 27.2 Å². The van der Waals surface area contributed by atoms with Crippen molar-refractivity contribution in [3.05, 3.63) is 0 Å². The van der Waals surface area contributed by atoms with Gasteiger partial charge in [-0.15, -0.1) is 0 Å². The van der Waals surface area contributed by atoms with E-state index in [0.29, 0.717) is 11.5 Å². The third kappa shape index (κ3) is 3.06. The molecular formula is C15H29NO2. The standard InChI is InChI=1S/C15H29NO2/c1-4-15(2,3)12-5-6-14(17)13(11-12)16-7-9-18-10-8-16/h12-14,17H,4-11H2,1-3H3. The van der Waals surface area contributed by atoms with Gasteiger partial charge in [0.1, 0.15) is 0 Å². The topological polar surface area (TPSA) is 32.7 Å². The van der Waals surface area contributed by atoms with Crippen LogP contribution in [-0.2, 0) is 4.74 Å². The summed E-state index contributed by atoms with van der Waals surface area (Å²) in [5.74, 6) is 0.749. The smallest absolute Gasteiger partial charge is 0.0695 e. The molecule has 0 aromatic heterocycles. The van der Waals surface area contributed by atoms with E-state index in [9.17, 15) is 5.11 Å². The molecule has 1 heterocycles. The predicted molar refractivity (Wildman–Crippen MR) is 73.6 cm³/mol. The summed E-state index contributed by atoms with van der Waals surface area (Å²) in [5.41, 5.74) is 0.407. The van der Waals surface area contributed by atoms with E-state index in [2.05, 4.69) is 25.7 Å². The summed E-state index contributed by atoms with van der Waals surface area (Å²) >= 11 is 0. The molecule has 2 aliphatic rings. The number of nitrogens with zero attached hydrogens (tertiary/aromatic N) is 1. The second-order valence-electron chi connectivity index (χ2n) is 6.64. The fourth-order valence-corrected chi connectivity index (χ4v) is 3.43. The average molecular weight is 255 g/mol. The van der Waals surface area contributed by atoms with Gasteiger partial charge in [-0.3, -0.25) is 4.90 Å². The van der Waals surface area contributed by atoms with Gasteiger partial charge >= 0.3 is 0 Å². The molecule has 1 saturated heterocycles. The normalized spacial score (nSPS) is 35.7. The first-order valence-corrected chi connectivity index (χ1v) is 7.54. The number of hydrogen-bond donors (Lipinski definition) is 1. The van der Waals surface area contributed by atoms with Crippen LogP contribution < -0.4 is 0 Å². The van der Waals surface area contributed by atoms with E-state index >= 15 is 0 Å². The van der Waals surface area contributed by atoms with Crippen LogP contribution in [0.25, 0.3) is 0 Å². The Hall–Kier alpha value is -0.120. The van der Waals surface area contributed by atoms with Gasteiger partial charge in [-0.25, -0.2) is 0 Å². The molecule has 0 radical (unpaired) electrons. The average Bonchev–Trinajstić information content (AvgIpc) is 2.40. The molecule has 1 saturated carbocycles. The highest BCUT2D eigenvalue weighted by Crippen LogP contribution is 2.41. The second-order valence-corrected chi connectivity index (χ2v) is 6.64. The number of aliphatic hydroxyl groups is 1. The lowest BCUT2D eigenvalue weighted by atomic mass is 9.67. The summed E-state index contributed by atoms with van der Waals surface area (Å²) in [7, 11) is 0. The molecule has 2 fully saturated rings. The van der Waals surface area contributed by atoms with Gasteiger partial charge in [0.15, 0.2) is 0 Å². The number of morpholine rings is 1. The Kier molecular flexibility index (Phi) is 4.68. The highest BCUT2D eigenvalue weighted by Gasteiger charge is 2.39. The highest BCUT2D eigenvalue weighted by molar-refractivity contribution is 4.92. The summed E-state index contributed by atoms with van der Waals surface area (Å²) in [6, 6.07) is 0.360. The Labute approximate surface area is 112 Å². The van der Waals surface area contributed by atoms with Crippen molar-refractivity contribution in [2.24, 2.45) is 11.3 Å². The first-order chi connectivity index (χ1) is 8.54. The molecular weight excluding hydrogens is 226 g/mol. The van der Waals surface area contributed by atoms with E-state index in [0.717, 1.165) is 45.1 Å². The molecule has 2 rings (SSSR count). The van der Waals surface area contributed by atoms with Crippen LogP contribution in [0.3, 0.4) is 0 Å². The maximum Gasteiger partial charge on any atom is 0.0695 e. The summed E-state index contributed by atoms with van der Waals surface area (Å²) in [4.78, 5) is 2.45. The van der Waals surface area contributed by atoms with Gasteiger partial charge in [0.25, 0.3) is 0 Å². The lowest BCUT2D eigenvalue weighted by Gasteiger charge is -2.46. The van der Waals surface area contributed by atoms with Crippen molar-refractivity contribution >= 4 is 0 Å². The maximum absolute atomic E-state index is 10.3. The van der Waals surface area contributed by atoms with E-state index in [1.165, 1.54) is 12.8 Å². The lowest BCUT2D eigenvalue weighted by molar-refractivity contribution is -0.0577. The van der Waals surface area contributed by atoms with Crippen LogP contribution in [0.4, 0.5) is 0 Å². The van der Waals surface area contributed by atoms with Gasteiger partial charge in [-0.2, -0.15) is 0 Å². The van der Waals surface area contributed by atoms with Crippen LogP contribution in [0.2, 0.25) is 0 Å². The van der Waals surface area contributed by atoms with Gasteiger partial charge in [0, 0.05) is 19.1 Å². The minimum atomic E-state index is -0.132. The second kappa shape index (κ2) is 5.89. The summed E-state index contributed by atoms with van der Waals surface area (Å²) in [5, 5.41) is 10.3. The Morgan fingerprint density at radius 1 is 1.22 bits per heavy atom. The van der Waals surface area contributed by atoms with Gasteiger partial charge < -0.3 is 9.84 Å². The molecule has 0 spiro atoms. The molecule has 0 amide bonds. The molecule has 1 aliphatic carbocycles. The Balaban J connectivity index is 2.00. The first kappa shape index (κ1) is 14.3. The maximum atomic E-state index is 10.3. The molecule has 106 valence electrons. The van der Waals surface area contributed by atoms with Crippen molar-refractivity contribution in [1.82, 2.24) is 4.90 Å². The number of aliphatic hydroxyl groups excluding tert-OH is 1. The molecule has 3 nitrogen and oxygen atoms in total. The lowest BCUT2D eigenvalue weighted by Crippen LogP contribution is -2.52. The first-order valence-electron chi connectivity index (χ1n) is 7.54. The zero-order chi connectivity index (χ0) is 13.2. The Morgan fingerprint density at radius 3 is 2.50 bits per heavy atom. The van der Waals surface area contributed by atoms with E-state index in [-0.39, 0.29) is 6.10 Å². The Morgan fingerprint density at radius 2 is 1.89 bits per heavy atom. The summed E-state index contributed by atoms with van der Waals surface area (Å²) in [6.45, 7) is 10.7. The molecule has 0 aromatic carbocycles. The predicted octanol–water partition coefficient (Wildman–Crippen LogP) is 2.28. The molecule has 0 aromatic rings. The van der Waals surface area contributed by atoms with Gasteiger partial charge in [-0.05, 0) is 30.6 Å². The molecule has 1 aliphatic heterocycles. The number of hydrogen-bond acceptors (Lipinski definition) is 3. The number of ether oxygens (including phenoxy) is 1. The van der Waals surface area contributed by atoms with Crippen molar-refractivity contribution in [3.63, 3.8) is 0 Å². The largest absolute Gasteiger partial charge is 0.391 e. The zero-order valence-electron chi connectivity index (χ0n) is 12.2. The van der Waals surface area contributed by atoms with Crippen molar-refractivity contribution in [2.45, 2.75) is 58.6 Å². The third-order valence-electron chi connectivity index (χ3n) is 5.31. The van der Waals surface area contributed by atoms with Crippen LogP contribution in [0, 0.1) is 11.3 Å². The molecule has 1 N–H and O–H groups in total. The van der Waals surface area contributed by atoms with E-state index in [4.69, 9.17) is 4.74 Å². The van der Waals surface area contributed by atoms with Crippen LogP contribution in [0.15, 0.2) is 0 Å². The SMILES string of the molecule is CCC(C)(C)C1CCC(O)C(N2CCOCC2)C1. The van der Waals surface area contributed by atoms with Crippen molar-refractivity contribution < 1.29 is 9.84 Å². The van der Waals surface area contributed by atoms with Crippen LogP contribution in [-0.4, -0.2) is 48.5 Å². The minimum absolute atomic E-state index is 0.132. The van der Waals surface area contributed by atoms with Crippen LogP contribution in [0.5, 0.6) is 0 Å². The quantitative estimate of drug-likeness (QED) is 0.840. The summed E-state index contributed by atoms with van der Waals surface area (Å²) < 4.78 is 5.42. The molecule has 3 heteroatoms. The fourth-order valence-electron chi connectivity index (χ4n) is 3.43. The van der Waals surface area contributed by atoms with E-state index in [1.54, 1.807) is 0 Å². The monoisotopic (exact) mass is 255 g/mol. The summed E-state index contributed by atoms with van der Waals surface area (Å²) in [6.07, 6.45) is 4.40. The van der Waals surface area contributed by atoms with Crippen molar-refractivity contribution in [1.29, 1.82) is 0 Å². The number of rotatable bonds is 3. The highest BCUT2D eigenvalue weighted by atomic mass is 16.5. The van der Waals surface area contributed by atoms with Crippen molar-refractivity contribution in [3.8, 4) is 0 Å². The van der Waals surface area contributed by atoms with Gasteiger partial charge in [0.05, 0.1) is 19.3 Å². The third-order valence-corrected chi connectivity index (χ3v) is 5.31. The minimum Gasteiger partial charge on any atom is -0.391 e. The van der Waals surface area contributed by atoms with Gasteiger partial charge in [0.2, 0.25) is 0 Å². The fraction of sp³-hybridized carbons (Fsp3) is 1.00. The van der Waals surface area contributed by atoms with Crippen LogP contribution >= 0.6 is 0 Å².